The van der Waals surface area contributed by atoms with Crippen LogP contribution in [0.25, 0.3) is 0 Å². The molecule has 1 aliphatic rings. The molecule has 2 heterocycles. The minimum absolute atomic E-state index is 0.117. The van der Waals surface area contributed by atoms with Crippen molar-refractivity contribution in [3.05, 3.63) is 18.1 Å². The third kappa shape index (κ3) is 2.71. The summed E-state index contributed by atoms with van der Waals surface area (Å²) in [6.07, 6.45) is 4.69. The molecule has 1 aromatic rings. The maximum absolute atomic E-state index is 12.1. The molecule has 0 aliphatic carbocycles. The van der Waals surface area contributed by atoms with Gasteiger partial charge in [0.1, 0.15) is 11.5 Å². The van der Waals surface area contributed by atoms with Crippen LogP contribution in [0.5, 0.6) is 0 Å². The zero-order valence-electron chi connectivity index (χ0n) is 9.54. The minimum Gasteiger partial charge on any atom is -0.396 e. The summed E-state index contributed by atoms with van der Waals surface area (Å²) in [5.74, 6) is 0.247. The molecule has 0 aromatic carbocycles. The van der Waals surface area contributed by atoms with Crippen LogP contribution in [0, 0.1) is 5.92 Å². The van der Waals surface area contributed by atoms with E-state index >= 15 is 0 Å². The van der Waals surface area contributed by atoms with E-state index in [2.05, 4.69) is 9.97 Å². The number of aliphatic hydroxyl groups excluding tert-OH is 1. The molecule has 1 aromatic heterocycles. The lowest BCUT2D eigenvalue weighted by atomic mass is 9.99. The molecule has 6 heteroatoms. The second kappa shape index (κ2) is 5.09. The number of likely N-dealkylation sites (tertiary alicyclic amines) is 1. The van der Waals surface area contributed by atoms with E-state index < -0.39 is 0 Å². The predicted molar refractivity (Wildman–Crippen MR) is 62.2 cm³/mol. The maximum Gasteiger partial charge on any atom is 0.274 e. The van der Waals surface area contributed by atoms with Crippen LogP contribution in [0.3, 0.4) is 0 Å². The number of rotatable bonds is 2. The number of anilines is 1. The number of carbonyl (C=O) groups is 1. The average Bonchev–Trinajstić information content (AvgIpc) is 2.38. The highest BCUT2D eigenvalue weighted by Crippen LogP contribution is 2.17. The van der Waals surface area contributed by atoms with Crippen molar-refractivity contribution in [3.63, 3.8) is 0 Å². The predicted octanol–water partition coefficient (Wildman–Crippen LogP) is -0.0967. The highest BCUT2D eigenvalue weighted by atomic mass is 16.3. The van der Waals surface area contributed by atoms with Gasteiger partial charge in [-0.1, -0.05) is 0 Å². The number of piperidine rings is 1. The summed E-state index contributed by atoms with van der Waals surface area (Å²) in [5, 5.41) is 9.12. The fraction of sp³-hybridized carbons (Fsp3) is 0.545. The lowest BCUT2D eigenvalue weighted by molar-refractivity contribution is 0.0614. The fourth-order valence-corrected chi connectivity index (χ4v) is 2.04. The molecule has 0 radical (unpaired) electrons. The summed E-state index contributed by atoms with van der Waals surface area (Å²) >= 11 is 0. The van der Waals surface area contributed by atoms with Crippen molar-refractivity contribution in [1.82, 2.24) is 14.9 Å². The van der Waals surface area contributed by atoms with Crippen molar-refractivity contribution in [2.24, 2.45) is 5.92 Å². The van der Waals surface area contributed by atoms with Crippen molar-refractivity contribution < 1.29 is 9.90 Å². The summed E-state index contributed by atoms with van der Waals surface area (Å²) in [4.78, 5) is 21.6. The Balaban J connectivity index is 2.09. The molecule has 6 nitrogen and oxygen atoms in total. The summed E-state index contributed by atoms with van der Waals surface area (Å²) in [6, 6.07) is 0. The van der Waals surface area contributed by atoms with E-state index in [1.165, 1.54) is 12.4 Å². The van der Waals surface area contributed by atoms with Crippen molar-refractivity contribution in [2.75, 3.05) is 25.4 Å². The Kier molecular flexibility index (Phi) is 3.53. The van der Waals surface area contributed by atoms with Crippen molar-refractivity contribution >= 4 is 11.7 Å². The largest absolute Gasteiger partial charge is 0.396 e. The van der Waals surface area contributed by atoms with Crippen molar-refractivity contribution in [2.45, 2.75) is 12.8 Å². The number of hydrogen-bond acceptors (Lipinski definition) is 5. The Morgan fingerprint density at radius 1 is 1.59 bits per heavy atom. The summed E-state index contributed by atoms with van der Waals surface area (Å²) in [5.41, 5.74) is 5.76. The van der Waals surface area contributed by atoms with Gasteiger partial charge >= 0.3 is 0 Å². The van der Waals surface area contributed by atoms with Gasteiger partial charge in [-0.2, -0.15) is 0 Å². The van der Waals surface area contributed by atoms with E-state index in [1.54, 1.807) is 4.90 Å². The van der Waals surface area contributed by atoms with Crippen LogP contribution in [-0.2, 0) is 0 Å². The zero-order valence-corrected chi connectivity index (χ0v) is 9.54. The summed E-state index contributed by atoms with van der Waals surface area (Å²) in [7, 11) is 0. The third-order valence-corrected chi connectivity index (χ3v) is 2.94. The molecule has 1 atom stereocenters. The SMILES string of the molecule is Nc1cncc(C(=O)N2CCCC(CO)C2)n1. The molecule has 17 heavy (non-hydrogen) atoms. The highest BCUT2D eigenvalue weighted by molar-refractivity contribution is 5.92. The third-order valence-electron chi connectivity index (χ3n) is 2.94. The van der Waals surface area contributed by atoms with Crippen LogP contribution in [0.15, 0.2) is 12.4 Å². The number of aromatic nitrogens is 2. The molecule has 0 saturated carbocycles. The molecule has 1 unspecified atom stereocenters. The first kappa shape index (κ1) is 11.8. The van der Waals surface area contributed by atoms with Crippen LogP contribution >= 0.6 is 0 Å². The van der Waals surface area contributed by atoms with Gasteiger partial charge in [-0.25, -0.2) is 4.98 Å². The molecule has 1 amide bonds. The van der Waals surface area contributed by atoms with Crippen LogP contribution in [0.1, 0.15) is 23.3 Å². The van der Waals surface area contributed by atoms with Gasteiger partial charge in [-0.05, 0) is 18.8 Å². The Morgan fingerprint density at radius 2 is 2.41 bits per heavy atom. The zero-order chi connectivity index (χ0) is 12.3. The Bertz CT molecular complexity index is 410. The van der Waals surface area contributed by atoms with E-state index in [0.717, 1.165) is 12.8 Å². The Labute approximate surface area is 99.5 Å². The van der Waals surface area contributed by atoms with E-state index in [0.29, 0.717) is 13.1 Å². The fourth-order valence-electron chi connectivity index (χ4n) is 2.04. The lowest BCUT2D eigenvalue weighted by Gasteiger charge is -2.31. The van der Waals surface area contributed by atoms with Gasteiger partial charge in [0.05, 0.1) is 12.4 Å². The standard InChI is InChI=1S/C11H16N4O2/c12-10-5-13-4-9(14-10)11(17)15-3-1-2-8(6-15)7-16/h4-5,8,16H,1-3,6-7H2,(H2,12,14). The van der Waals surface area contributed by atoms with Crippen molar-refractivity contribution in [1.29, 1.82) is 0 Å². The van der Waals surface area contributed by atoms with E-state index in [9.17, 15) is 4.79 Å². The normalized spacial score (nSPS) is 20.3. The molecule has 1 aliphatic heterocycles. The quantitative estimate of drug-likeness (QED) is 0.748. The second-order valence-corrected chi connectivity index (χ2v) is 4.27. The van der Waals surface area contributed by atoms with Gasteiger partial charge in [0.25, 0.3) is 5.91 Å². The van der Waals surface area contributed by atoms with Crippen molar-refractivity contribution in [3.8, 4) is 0 Å². The molecule has 92 valence electrons. The Morgan fingerprint density at radius 3 is 3.12 bits per heavy atom. The molecule has 0 bridgehead atoms. The monoisotopic (exact) mass is 236 g/mol. The lowest BCUT2D eigenvalue weighted by Crippen LogP contribution is -2.41. The molecule has 1 fully saturated rings. The molecular weight excluding hydrogens is 220 g/mol. The number of nitrogen functional groups attached to an aromatic ring is 1. The van der Waals surface area contributed by atoms with E-state index in [-0.39, 0.29) is 29.9 Å². The first-order valence-electron chi connectivity index (χ1n) is 5.68. The summed E-state index contributed by atoms with van der Waals surface area (Å²) < 4.78 is 0. The molecule has 3 N–H and O–H groups in total. The van der Waals surface area contributed by atoms with Gasteiger partial charge in [0.2, 0.25) is 0 Å². The minimum atomic E-state index is -0.164. The number of carbonyl (C=O) groups excluding carboxylic acids is 1. The molecule has 1 saturated heterocycles. The summed E-state index contributed by atoms with van der Waals surface area (Å²) in [6.45, 7) is 1.39. The average molecular weight is 236 g/mol. The number of nitrogens with zero attached hydrogens (tertiary/aromatic N) is 3. The maximum atomic E-state index is 12.1. The van der Waals surface area contributed by atoms with E-state index in [1.807, 2.05) is 0 Å². The van der Waals surface area contributed by atoms with Crippen LogP contribution < -0.4 is 5.73 Å². The first-order chi connectivity index (χ1) is 8.20. The molecule has 2 rings (SSSR count). The number of hydrogen-bond donors (Lipinski definition) is 2. The Hall–Kier alpha value is -1.69. The topological polar surface area (TPSA) is 92.3 Å². The molecule has 0 spiro atoms. The number of amides is 1. The van der Waals surface area contributed by atoms with Crippen LogP contribution in [-0.4, -0.2) is 45.6 Å². The van der Waals surface area contributed by atoms with Gasteiger partial charge in [-0.15, -0.1) is 0 Å². The molecular formula is C11H16N4O2. The highest BCUT2D eigenvalue weighted by Gasteiger charge is 2.24. The smallest absolute Gasteiger partial charge is 0.274 e. The first-order valence-corrected chi connectivity index (χ1v) is 5.68. The van der Waals surface area contributed by atoms with Crippen LogP contribution in [0.2, 0.25) is 0 Å². The number of nitrogens with two attached hydrogens (primary N) is 1. The van der Waals surface area contributed by atoms with Gasteiger partial charge in [0.15, 0.2) is 0 Å². The van der Waals surface area contributed by atoms with E-state index in [4.69, 9.17) is 10.8 Å². The van der Waals surface area contributed by atoms with Gasteiger partial charge < -0.3 is 15.7 Å². The van der Waals surface area contributed by atoms with Crippen LogP contribution in [0.4, 0.5) is 5.82 Å². The van der Waals surface area contributed by atoms with Gasteiger partial charge in [-0.3, -0.25) is 9.78 Å². The van der Waals surface area contributed by atoms with Gasteiger partial charge in [0, 0.05) is 19.7 Å². The second-order valence-electron chi connectivity index (χ2n) is 4.27. The number of aliphatic hydroxyl groups is 1.